The summed E-state index contributed by atoms with van der Waals surface area (Å²) in [5.41, 5.74) is 2.04. The fraction of sp³-hybridized carbons (Fsp3) is 0.423. The minimum atomic E-state index is -0.715. The lowest BCUT2D eigenvalue weighted by atomic mass is 9.87. The molecule has 1 unspecified atom stereocenters. The van der Waals surface area contributed by atoms with E-state index in [0.717, 1.165) is 5.56 Å². The van der Waals surface area contributed by atoms with Gasteiger partial charge < -0.3 is 19.9 Å². The fourth-order valence-electron chi connectivity index (χ4n) is 4.50. The van der Waals surface area contributed by atoms with Gasteiger partial charge in [-0.3, -0.25) is 14.4 Å². The Morgan fingerprint density at radius 2 is 1.47 bits per heavy atom. The van der Waals surface area contributed by atoms with Gasteiger partial charge in [-0.15, -0.1) is 0 Å². The summed E-state index contributed by atoms with van der Waals surface area (Å²) in [4.78, 5) is 42.7. The van der Waals surface area contributed by atoms with Crippen LogP contribution in [0.2, 0.25) is 0 Å². The Bertz CT molecular complexity index is 1010. The number of nitrogens with zero attached hydrogens (tertiary/aromatic N) is 2. The van der Waals surface area contributed by atoms with E-state index in [1.54, 1.807) is 9.80 Å². The molecule has 2 fully saturated rings. The number of hydrogen-bond donors (Lipinski definition) is 1. The van der Waals surface area contributed by atoms with Gasteiger partial charge in [-0.25, -0.2) is 4.39 Å². The van der Waals surface area contributed by atoms with Crippen LogP contribution in [0.4, 0.5) is 4.39 Å². The van der Waals surface area contributed by atoms with Crippen molar-refractivity contribution in [2.45, 2.75) is 25.8 Å². The molecule has 3 amide bonds. The molecule has 0 saturated carbocycles. The SMILES string of the molecule is Cc1ccc(C(=O)N2CCC(C(NC(=O)c3ccc(F)cc3)C(=O)N3CCOCC3)CC2)cc1. The first-order valence-corrected chi connectivity index (χ1v) is 11.7. The highest BCUT2D eigenvalue weighted by molar-refractivity contribution is 5.97. The molecule has 8 heteroatoms. The van der Waals surface area contributed by atoms with Crippen molar-refractivity contribution in [2.75, 3.05) is 39.4 Å². The van der Waals surface area contributed by atoms with Gasteiger partial charge in [0.15, 0.2) is 0 Å². The van der Waals surface area contributed by atoms with Crippen LogP contribution in [0.5, 0.6) is 0 Å². The molecule has 0 spiro atoms. The summed E-state index contributed by atoms with van der Waals surface area (Å²) in [5.74, 6) is -1.11. The second-order valence-electron chi connectivity index (χ2n) is 8.89. The number of halogens is 1. The highest BCUT2D eigenvalue weighted by atomic mass is 19.1. The minimum Gasteiger partial charge on any atom is -0.378 e. The highest BCUT2D eigenvalue weighted by Gasteiger charge is 2.36. The Labute approximate surface area is 198 Å². The third kappa shape index (κ3) is 5.62. The van der Waals surface area contributed by atoms with E-state index >= 15 is 0 Å². The van der Waals surface area contributed by atoms with Crippen LogP contribution in [0.3, 0.4) is 0 Å². The number of benzene rings is 2. The zero-order valence-electron chi connectivity index (χ0n) is 19.3. The van der Waals surface area contributed by atoms with Gasteiger partial charge >= 0.3 is 0 Å². The number of nitrogens with one attached hydrogen (secondary N) is 1. The molecule has 2 saturated heterocycles. The molecule has 0 radical (unpaired) electrons. The molecule has 0 aromatic heterocycles. The zero-order valence-corrected chi connectivity index (χ0v) is 19.3. The molecule has 1 N–H and O–H groups in total. The van der Waals surface area contributed by atoms with Gasteiger partial charge in [-0.05, 0) is 62.1 Å². The van der Waals surface area contributed by atoms with Crippen LogP contribution in [-0.2, 0) is 9.53 Å². The molecule has 2 heterocycles. The first-order valence-electron chi connectivity index (χ1n) is 11.7. The van der Waals surface area contributed by atoms with Gasteiger partial charge in [-0.1, -0.05) is 17.7 Å². The summed E-state index contributed by atoms with van der Waals surface area (Å²) < 4.78 is 18.6. The zero-order chi connectivity index (χ0) is 24.1. The minimum absolute atomic E-state index is 0.0233. The molecular weight excluding hydrogens is 437 g/mol. The van der Waals surface area contributed by atoms with Crippen LogP contribution < -0.4 is 5.32 Å². The van der Waals surface area contributed by atoms with E-state index in [1.807, 2.05) is 31.2 Å². The van der Waals surface area contributed by atoms with Gasteiger partial charge in [0.05, 0.1) is 13.2 Å². The first kappa shape index (κ1) is 23.9. The lowest BCUT2D eigenvalue weighted by Crippen LogP contribution is -2.56. The Kier molecular flexibility index (Phi) is 7.57. The van der Waals surface area contributed by atoms with Crippen LogP contribution in [0, 0.1) is 18.7 Å². The number of piperidine rings is 1. The Hall–Kier alpha value is -3.26. The summed E-state index contributed by atoms with van der Waals surface area (Å²) in [6.45, 7) is 4.89. The van der Waals surface area contributed by atoms with E-state index in [9.17, 15) is 18.8 Å². The van der Waals surface area contributed by atoms with E-state index < -0.39 is 17.8 Å². The molecule has 180 valence electrons. The number of rotatable bonds is 5. The maximum Gasteiger partial charge on any atom is 0.253 e. The monoisotopic (exact) mass is 467 g/mol. The molecule has 7 nitrogen and oxygen atoms in total. The molecule has 0 bridgehead atoms. The van der Waals surface area contributed by atoms with Gasteiger partial charge in [0, 0.05) is 37.3 Å². The van der Waals surface area contributed by atoms with Crippen molar-refractivity contribution in [3.8, 4) is 0 Å². The van der Waals surface area contributed by atoms with Crippen LogP contribution in [0.25, 0.3) is 0 Å². The van der Waals surface area contributed by atoms with Crippen molar-refractivity contribution in [1.82, 2.24) is 15.1 Å². The van der Waals surface area contributed by atoms with E-state index in [-0.39, 0.29) is 17.7 Å². The van der Waals surface area contributed by atoms with Gasteiger partial charge in [0.25, 0.3) is 11.8 Å². The second-order valence-corrected chi connectivity index (χ2v) is 8.89. The third-order valence-electron chi connectivity index (χ3n) is 6.58. The molecular formula is C26H30FN3O4. The highest BCUT2D eigenvalue weighted by Crippen LogP contribution is 2.24. The van der Waals surface area contributed by atoms with E-state index in [0.29, 0.717) is 63.4 Å². The lowest BCUT2D eigenvalue weighted by molar-refractivity contribution is -0.139. The van der Waals surface area contributed by atoms with Crippen molar-refractivity contribution in [1.29, 1.82) is 0 Å². The predicted octanol–water partition coefficient (Wildman–Crippen LogP) is 2.64. The average Bonchev–Trinajstić information content (AvgIpc) is 2.88. The summed E-state index contributed by atoms with van der Waals surface area (Å²) in [6.07, 6.45) is 1.20. The molecule has 2 aliphatic rings. The number of hydrogen-bond acceptors (Lipinski definition) is 4. The Morgan fingerprint density at radius 3 is 2.09 bits per heavy atom. The van der Waals surface area contributed by atoms with E-state index in [1.165, 1.54) is 24.3 Å². The number of ether oxygens (including phenoxy) is 1. The van der Waals surface area contributed by atoms with Crippen molar-refractivity contribution in [3.63, 3.8) is 0 Å². The molecule has 2 aliphatic heterocycles. The van der Waals surface area contributed by atoms with Crippen molar-refractivity contribution in [2.24, 2.45) is 5.92 Å². The molecule has 2 aromatic rings. The standard InChI is InChI=1S/C26H30FN3O4/c1-18-2-4-21(5-3-18)25(32)29-12-10-19(11-13-29)23(26(33)30-14-16-34-17-15-30)28-24(31)20-6-8-22(27)9-7-20/h2-9,19,23H,10-17H2,1H3,(H,28,31). The van der Waals surface area contributed by atoms with Gasteiger partial charge in [0.2, 0.25) is 5.91 Å². The fourth-order valence-corrected chi connectivity index (χ4v) is 4.50. The topological polar surface area (TPSA) is 79.0 Å². The van der Waals surface area contributed by atoms with Crippen molar-refractivity contribution >= 4 is 17.7 Å². The molecule has 34 heavy (non-hydrogen) atoms. The quantitative estimate of drug-likeness (QED) is 0.733. The maximum absolute atomic E-state index is 13.4. The Balaban J connectivity index is 1.45. The summed E-state index contributed by atoms with van der Waals surface area (Å²) >= 11 is 0. The number of aryl methyl sites for hydroxylation is 1. The Morgan fingerprint density at radius 1 is 0.882 bits per heavy atom. The van der Waals surface area contributed by atoms with Crippen LogP contribution in [0.15, 0.2) is 48.5 Å². The van der Waals surface area contributed by atoms with E-state index in [4.69, 9.17) is 4.74 Å². The van der Waals surface area contributed by atoms with Crippen molar-refractivity contribution < 1.29 is 23.5 Å². The van der Waals surface area contributed by atoms with Crippen LogP contribution in [-0.4, -0.2) is 73.0 Å². The van der Waals surface area contributed by atoms with Gasteiger partial charge in [-0.2, -0.15) is 0 Å². The second kappa shape index (κ2) is 10.8. The van der Waals surface area contributed by atoms with E-state index in [2.05, 4.69) is 5.32 Å². The predicted molar refractivity (Wildman–Crippen MR) is 125 cm³/mol. The molecule has 0 aliphatic carbocycles. The number of morpholine rings is 1. The smallest absolute Gasteiger partial charge is 0.253 e. The number of carbonyl (C=O) groups is 3. The largest absolute Gasteiger partial charge is 0.378 e. The summed E-state index contributed by atoms with van der Waals surface area (Å²) in [5, 5.41) is 2.90. The molecule has 4 rings (SSSR count). The summed E-state index contributed by atoms with van der Waals surface area (Å²) in [7, 11) is 0. The van der Waals surface area contributed by atoms with Crippen LogP contribution in [0.1, 0.15) is 39.1 Å². The maximum atomic E-state index is 13.4. The molecule has 2 aromatic carbocycles. The number of likely N-dealkylation sites (tertiary alicyclic amines) is 1. The number of carbonyl (C=O) groups excluding carboxylic acids is 3. The number of amides is 3. The van der Waals surface area contributed by atoms with Gasteiger partial charge in [0.1, 0.15) is 11.9 Å². The summed E-state index contributed by atoms with van der Waals surface area (Å²) in [6, 6.07) is 12.0. The third-order valence-corrected chi connectivity index (χ3v) is 6.58. The normalized spacial score (nSPS) is 17.8. The first-order chi connectivity index (χ1) is 16.4. The van der Waals surface area contributed by atoms with Crippen molar-refractivity contribution in [3.05, 3.63) is 71.0 Å². The lowest BCUT2D eigenvalue weighted by Gasteiger charge is -2.38. The average molecular weight is 468 g/mol. The van der Waals surface area contributed by atoms with Crippen LogP contribution >= 0.6 is 0 Å². The molecule has 1 atom stereocenters.